The highest BCUT2D eigenvalue weighted by Gasteiger charge is 2.44. The quantitative estimate of drug-likeness (QED) is 0.0309. The van der Waals surface area contributed by atoms with E-state index in [0.717, 1.165) is 5.56 Å². The average molecular weight is 1520 g/mol. The third-order valence-corrected chi connectivity index (χ3v) is 17.9. The summed E-state index contributed by atoms with van der Waals surface area (Å²) in [6.07, 6.45) is -2.21. The molecule has 11 N–H and O–H groups in total. The zero-order chi connectivity index (χ0) is 80.7. The fraction of sp³-hybridized carbons (Fsp3) is 0.726. The van der Waals surface area contributed by atoms with Gasteiger partial charge in [-0.3, -0.25) is 57.6 Å². The van der Waals surface area contributed by atoms with E-state index in [9.17, 15) is 72.2 Å². The van der Waals surface area contributed by atoms with Crippen molar-refractivity contribution in [2.24, 2.45) is 29.1 Å². The van der Waals surface area contributed by atoms with E-state index >= 15 is 0 Å². The molecule has 1 aliphatic rings. The highest BCUT2D eigenvalue weighted by atomic mass is 16.6. The molecule has 1 aromatic carbocycles. The average Bonchev–Trinajstić information content (AvgIpc) is 1.79. The maximum atomic E-state index is 14.6. The minimum atomic E-state index is -1.78. The molecule has 1 aliphatic heterocycles. The number of amides is 12. The van der Waals surface area contributed by atoms with Crippen LogP contribution >= 0.6 is 0 Å². The van der Waals surface area contributed by atoms with Gasteiger partial charge in [-0.2, -0.15) is 0 Å². The van der Waals surface area contributed by atoms with Crippen LogP contribution in [0.2, 0.25) is 0 Å². The third kappa shape index (κ3) is 35.3. The summed E-state index contributed by atoms with van der Waals surface area (Å²) in [5.41, 5.74) is 0.675. The standard InChI is InChI=1S/C73H123N13O21/c1-18-46(6)63(85(14)69(97)61(44(2)3)83-68(96)62(45(4)5)84(12)13)54(103-16)40-60(92)86-34-22-26-53(86)64(104-17)47(7)65(93)82-50(38-49-24-20-19-21-25-49)66(94)75-30-23-35-106-71(100)48(8)79-58(90)39-51(70(98)99)80-57(89)28-32-77-72(101)107-42-52(67(95)76-33-37-102-15)81-59(91)41-78-55(87)27-31-74-56(88)29-36-105-43-73(9,10)11/h19-21,24-25,44-48,50-54,61-64H,18,22-23,26-43H2,1-17H3,(H,74,88)(H,75,94)(H,76,95)(H,77,101)(H,78,87)(H,79,90)(H,80,89)(H,81,91)(H,82,93)(H,83,96)(H,98,99)/t46-,47+,48?,50-,51?,52?,53-,54+,61?,62-,63-,64+/m0/s1. The van der Waals surface area contributed by atoms with Gasteiger partial charge in [0, 0.05) is 86.8 Å². The van der Waals surface area contributed by atoms with E-state index in [2.05, 4.69) is 53.2 Å². The highest BCUT2D eigenvalue weighted by Crippen LogP contribution is 2.30. The number of esters is 1. The summed E-state index contributed by atoms with van der Waals surface area (Å²) in [7, 11) is 9.67. The number of hydrogen-bond acceptors (Lipinski definition) is 21. The fourth-order valence-corrected chi connectivity index (χ4v) is 12.0. The predicted molar refractivity (Wildman–Crippen MR) is 394 cm³/mol. The Kier molecular flexibility index (Phi) is 43.6. The number of nitrogens with zero attached hydrogens (tertiary/aromatic N) is 3. The van der Waals surface area contributed by atoms with Gasteiger partial charge in [-0.15, -0.1) is 0 Å². The largest absolute Gasteiger partial charge is 0.480 e. The van der Waals surface area contributed by atoms with Gasteiger partial charge in [0.1, 0.15) is 36.8 Å². The van der Waals surface area contributed by atoms with Crippen LogP contribution in [0.15, 0.2) is 30.3 Å². The molecule has 606 valence electrons. The van der Waals surface area contributed by atoms with E-state index < -0.39 is 158 Å². The van der Waals surface area contributed by atoms with Crippen molar-refractivity contribution in [2.75, 3.05) is 115 Å². The molecule has 2 rings (SSSR count). The molecule has 0 radical (unpaired) electrons. The van der Waals surface area contributed by atoms with Crippen LogP contribution in [0, 0.1) is 29.1 Å². The van der Waals surface area contributed by atoms with Crippen LogP contribution in [0.25, 0.3) is 0 Å². The van der Waals surface area contributed by atoms with Gasteiger partial charge in [0.2, 0.25) is 65.0 Å². The number of likely N-dealkylation sites (N-methyl/N-ethyl adjacent to an activating group) is 2. The molecule has 4 unspecified atom stereocenters. The maximum Gasteiger partial charge on any atom is 0.407 e. The number of likely N-dealkylation sites (tertiary alicyclic amines) is 1. The van der Waals surface area contributed by atoms with Gasteiger partial charge in [-0.25, -0.2) is 14.4 Å². The van der Waals surface area contributed by atoms with Crippen molar-refractivity contribution in [1.29, 1.82) is 0 Å². The van der Waals surface area contributed by atoms with Gasteiger partial charge in [-0.1, -0.05) is 106 Å². The molecule has 0 aromatic heterocycles. The molecule has 1 fully saturated rings. The van der Waals surface area contributed by atoms with Gasteiger partial charge in [-0.05, 0) is 69.0 Å². The molecule has 1 aromatic rings. The first-order chi connectivity index (χ1) is 50.4. The number of ether oxygens (including phenoxy) is 6. The molecule has 12 atom stereocenters. The number of methoxy groups -OCH3 is 3. The van der Waals surface area contributed by atoms with Crippen molar-refractivity contribution >= 4 is 83.0 Å². The van der Waals surface area contributed by atoms with Crippen LogP contribution in [-0.4, -0.2) is 278 Å². The Morgan fingerprint density at radius 1 is 0.617 bits per heavy atom. The predicted octanol–water partition coefficient (Wildman–Crippen LogP) is 0.314. The third-order valence-electron chi connectivity index (χ3n) is 17.9. The van der Waals surface area contributed by atoms with Crippen LogP contribution < -0.4 is 53.2 Å². The van der Waals surface area contributed by atoms with Crippen LogP contribution in [0.1, 0.15) is 140 Å². The number of alkyl carbamates (subject to hydrolysis) is 1. The zero-order valence-corrected chi connectivity index (χ0v) is 65.8. The Hall–Kier alpha value is -8.60. The van der Waals surface area contributed by atoms with Gasteiger partial charge in [0.15, 0.2) is 0 Å². The van der Waals surface area contributed by atoms with Crippen molar-refractivity contribution in [1.82, 2.24) is 67.9 Å². The summed E-state index contributed by atoms with van der Waals surface area (Å²) < 4.78 is 32.9. The molecule has 12 amide bonds. The first kappa shape index (κ1) is 94.5. The first-order valence-electron chi connectivity index (χ1n) is 36.7. The summed E-state index contributed by atoms with van der Waals surface area (Å²) in [6, 6.07) is 0.946. The number of carboxylic acids is 1. The molecule has 0 bridgehead atoms. The van der Waals surface area contributed by atoms with Gasteiger partial charge in [0.05, 0.1) is 82.1 Å². The zero-order valence-electron chi connectivity index (χ0n) is 65.8. The van der Waals surface area contributed by atoms with Crippen molar-refractivity contribution in [2.45, 2.75) is 201 Å². The second-order valence-electron chi connectivity index (χ2n) is 28.9. The van der Waals surface area contributed by atoms with Crippen LogP contribution in [0.5, 0.6) is 0 Å². The number of nitrogens with one attached hydrogen (secondary N) is 10. The van der Waals surface area contributed by atoms with Crippen LogP contribution in [0.4, 0.5) is 4.79 Å². The monoisotopic (exact) mass is 1520 g/mol. The fourth-order valence-electron chi connectivity index (χ4n) is 12.0. The summed E-state index contributed by atoms with van der Waals surface area (Å²) in [4.78, 5) is 190. The first-order valence-corrected chi connectivity index (χ1v) is 36.7. The lowest BCUT2D eigenvalue weighted by atomic mass is 9.89. The second kappa shape index (κ2) is 49.4. The molecule has 34 heteroatoms. The van der Waals surface area contributed by atoms with Gasteiger partial charge >= 0.3 is 18.0 Å². The summed E-state index contributed by atoms with van der Waals surface area (Å²) >= 11 is 0. The lowest BCUT2D eigenvalue weighted by Crippen LogP contribution is -2.59. The summed E-state index contributed by atoms with van der Waals surface area (Å²) in [5, 5.41) is 35.1. The van der Waals surface area contributed by atoms with Crippen LogP contribution in [0.3, 0.4) is 0 Å². The van der Waals surface area contributed by atoms with E-state index in [1.807, 2.05) is 81.3 Å². The molecule has 0 aliphatic carbocycles. The minimum absolute atomic E-state index is 0.00964. The number of rotatable bonds is 50. The number of carboxylic acid groups (broad SMARTS) is 1. The summed E-state index contributed by atoms with van der Waals surface area (Å²) in [6.45, 7) is 19.8. The molecular formula is C73H123N13O21. The normalized spacial score (nSPS) is 16.0. The van der Waals surface area contributed by atoms with Crippen molar-refractivity contribution in [3.8, 4) is 0 Å². The molecule has 107 heavy (non-hydrogen) atoms. The maximum absolute atomic E-state index is 14.6. The smallest absolute Gasteiger partial charge is 0.407 e. The lowest BCUT2D eigenvalue weighted by Gasteiger charge is -2.41. The second-order valence-corrected chi connectivity index (χ2v) is 28.9. The molecule has 1 heterocycles. The molecule has 34 nitrogen and oxygen atoms in total. The number of carbonyl (C=O) groups excluding carboxylic acids is 13. The molecular weight excluding hydrogens is 1390 g/mol. The van der Waals surface area contributed by atoms with E-state index in [1.165, 1.54) is 28.3 Å². The molecule has 0 saturated carbocycles. The van der Waals surface area contributed by atoms with Crippen molar-refractivity contribution in [3.05, 3.63) is 35.9 Å². The summed E-state index contributed by atoms with van der Waals surface area (Å²) in [5.74, 6) is -10.0. The Bertz CT molecular complexity index is 3020. The van der Waals surface area contributed by atoms with Gasteiger partial charge < -0.3 is 96.5 Å². The Balaban J connectivity index is 1.98. The number of aliphatic carboxylic acids is 1. The Labute approximate surface area is 629 Å². The SMILES string of the molecule is CC[C@H](C)[C@@H]([C@@H](CC(=O)N1CCC[C@H]1[C@H](OC)[C@@H](C)C(=O)N[C@@H](Cc1ccccc1)C(=O)NCCCOC(=O)C(C)NC(=O)CC(NC(=O)CCNC(=O)OCC(NC(=O)CNC(=O)CCNC(=O)CCOCC(C)(C)C)C(=O)NCCOC)C(=O)O)OC)N(C)C(=O)C(NC(=O)[C@H](C(C)C)N(C)C)C(C)C. The van der Waals surface area contributed by atoms with Crippen molar-refractivity contribution < 1.29 is 101 Å². The minimum Gasteiger partial charge on any atom is -0.480 e. The molecule has 1 saturated heterocycles. The lowest BCUT2D eigenvalue weighted by molar-refractivity contribution is -0.148. The van der Waals surface area contributed by atoms with E-state index in [1.54, 1.807) is 54.1 Å². The van der Waals surface area contributed by atoms with Gasteiger partial charge in [0.25, 0.3) is 0 Å². The van der Waals surface area contributed by atoms with E-state index in [0.29, 0.717) is 32.4 Å². The van der Waals surface area contributed by atoms with Crippen LogP contribution in [-0.2, 0) is 97.2 Å². The topological polar surface area (TPSA) is 445 Å². The van der Waals surface area contributed by atoms with E-state index in [-0.39, 0.29) is 118 Å². The number of carbonyl (C=O) groups is 14. The number of benzene rings is 1. The highest BCUT2D eigenvalue weighted by molar-refractivity contribution is 5.93. The van der Waals surface area contributed by atoms with Crippen molar-refractivity contribution in [3.63, 3.8) is 0 Å². The number of hydrogen-bond donors (Lipinski definition) is 11. The molecule has 0 spiro atoms. The van der Waals surface area contributed by atoms with E-state index in [4.69, 9.17) is 28.4 Å². The Morgan fingerprint density at radius 2 is 1.24 bits per heavy atom. The Morgan fingerprint density at radius 3 is 1.84 bits per heavy atom.